The fraction of sp³-hybridized carbons (Fsp3) is 0.391. The van der Waals surface area contributed by atoms with E-state index in [-0.39, 0.29) is 22.5 Å². The van der Waals surface area contributed by atoms with E-state index in [9.17, 15) is 23.1 Å². The van der Waals surface area contributed by atoms with Crippen molar-refractivity contribution in [3.8, 4) is 5.75 Å². The summed E-state index contributed by atoms with van der Waals surface area (Å²) >= 11 is 1.05. The first-order chi connectivity index (χ1) is 16.4. The van der Waals surface area contributed by atoms with E-state index < -0.39 is 38.4 Å². The summed E-state index contributed by atoms with van der Waals surface area (Å²) in [5.74, 6) is -2.52. The number of thiazole rings is 1. The van der Waals surface area contributed by atoms with Crippen molar-refractivity contribution in [3.05, 3.63) is 64.4 Å². The number of carbonyl (C=O) groups excluding carboxylic acids is 1. The SMILES string of the molecule is COc1cc(C(=O)N2C(c3nccs3)S(=O)(=O)CC2(Cn2cccn2)C(=O)O)ccc1C(C)(C)C. The molecule has 3 heterocycles. The van der Waals surface area contributed by atoms with E-state index in [1.165, 1.54) is 36.4 Å². The molecule has 2 aromatic heterocycles. The molecule has 0 radical (unpaired) electrons. The van der Waals surface area contributed by atoms with Crippen LogP contribution in [0.1, 0.15) is 47.1 Å². The van der Waals surface area contributed by atoms with E-state index in [2.05, 4.69) is 10.1 Å². The molecule has 4 rings (SSSR count). The number of carboxylic acids is 1. The number of carboxylic acid groups (broad SMARTS) is 1. The number of carbonyl (C=O) groups is 2. The fourth-order valence-electron chi connectivity index (χ4n) is 4.39. The summed E-state index contributed by atoms with van der Waals surface area (Å²) in [4.78, 5) is 31.8. The van der Waals surface area contributed by atoms with Gasteiger partial charge in [0.05, 0.1) is 19.4 Å². The van der Waals surface area contributed by atoms with Gasteiger partial charge in [-0.3, -0.25) is 14.4 Å². The second-order valence-corrected chi connectivity index (χ2v) is 12.4. The maximum atomic E-state index is 14.0. The van der Waals surface area contributed by atoms with Crippen LogP contribution < -0.4 is 4.74 Å². The minimum atomic E-state index is -4.12. The molecule has 0 spiro atoms. The van der Waals surface area contributed by atoms with Crippen molar-refractivity contribution in [1.29, 1.82) is 0 Å². The van der Waals surface area contributed by atoms with Crippen LogP contribution in [0, 0.1) is 0 Å². The lowest BCUT2D eigenvalue weighted by Crippen LogP contribution is -2.58. The van der Waals surface area contributed by atoms with E-state index in [0.29, 0.717) is 5.75 Å². The Kier molecular flexibility index (Phi) is 6.22. The van der Waals surface area contributed by atoms with Crippen LogP contribution in [-0.4, -0.2) is 63.5 Å². The molecule has 1 aliphatic rings. The summed E-state index contributed by atoms with van der Waals surface area (Å²) in [5, 5.41) is 14.6. The molecule has 0 saturated carbocycles. The van der Waals surface area contributed by atoms with Gasteiger partial charge in [-0.15, -0.1) is 11.3 Å². The van der Waals surface area contributed by atoms with Crippen LogP contribution in [-0.2, 0) is 26.6 Å². The highest BCUT2D eigenvalue weighted by atomic mass is 32.2. The van der Waals surface area contributed by atoms with Gasteiger partial charge in [-0.05, 0) is 29.2 Å². The third-order valence-electron chi connectivity index (χ3n) is 5.99. The van der Waals surface area contributed by atoms with Crippen LogP contribution >= 0.6 is 11.3 Å². The second-order valence-electron chi connectivity index (χ2n) is 9.41. The monoisotopic (exact) mass is 518 g/mol. The van der Waals surface area contributed by atoms with Crippen LogP contribution in [0.25, 0.3) is 0 Å². The van der Waals surface area contributed by atoms with E-state index in [1.807, 2.05) is 20.8 Å². The van der Waals surface area contributed by atoms with E-state index in [4.69, 9.17) is 4.74 Å². The molecule has 2 unspecified atom stereocenters. The Hall–Kier alpha value is -3.25. The average Bonchev–Trinajstić information content (AvgIpc) is 3.52. The second kappa shape index (κ2) is 8.76. The molecular formula is C23H26N4O6S2. The molecule has 1 aromatic carbocycles. The number of nitrogens with zero attached hydrogens (tertiary/aromatic N) is 4. The first kappa shape index (κ1) is 24.9. The van der Waals surface area contributed by atoms with Crippen molar-refractivity contribution in [2.45, 2.75) is 43.6 Å². The number of hydrogen-bond acceptors (Lipinski definition) is 8. The lowest BCUT2D eigenvalue weighted by Gasteiger charge is -2.35. The predicted octanol–water partition coefficient (Wildman–Crippen LogP) is 2.74. The van der Waals surface area contributed by atoms with Crippen LogP contribution in [0.15, 0.2) is 48.2 Å². The maximum Gasteiger partial charge on any atom is 0.332 e. The van der Waals surface area contributed by atoms with Gasteiger partial charge in [0.2, 0.25) is 0 Å². The highest BCUT2D eigenvalue weighted by Crippen LogP contribution is 2.45. The molecule has 35 heavy (non-hydrogen) atoms. The average molecular weight is 519 g/mol. The molecule has 1 N–H and O–H groups in total. The third kappa shape index (κ3) is 4.31. The fourth-order valence-corrected chi connectivity index (χ4v) is 7.76. The van der Waals surface area contributed by atoms with Crippen LogP contribution in [0.5, 0.6) is 5.75 Å². The number of benzene rings is 1. The molecule has 12 heteroatoms. The highest BCUT2D eigenvalue weighted by molar-refractivity contribution is 7.92. The number of sulfone groups is 1. The minimum absolute atomic E-state index is 0.111. The Balaban J connectivity index is 1.91. The maximum absolute atomic E-state index is 14.0. The Morgan fingerprint density at radius 3 is 2.57 bits per heavy atom. The number of aliphatic carboxylic acids is 1. The lowest BCUT2D eigenvalue weighted by molar-refractivity contribution is -0.149. The van der Waals surface area contributed by atoms with Gasteiger partial charge in [-0.2, -0.15) is 5.10 Å². The van der Waals surface area contributed by atoms with Crippen molar-refractivity contribution < 1.29 is 27.9 Å². The van der Waals surface area contributed by atoms with Crippen molar-refractivity contribution in [2.75, 3.05) is 12.9 Å². The van der Waals surface area contributed by atoms with Crippen molar-refractivity contribution >= 4 is 33.1 Å². The number of methoxy groups -OCH3 is 1. The van der Waals surface area contributed by atoms with Crippen molar-refractivity contribution in [3.63, 3.8) is 0 Å². The third-order valence-corrected chi connectivity index (χ3v) is 8.97. The van der Waals surface area contributed by atoms with Crippen LogP contribution in [0.2, 0.25) is 0 Å². The number of rotatable bonds is 6. The minimum Gasteiger partial charge on any atom is -0.496 e. The van der Waals surface area contributed by atoms with Crippen molar-refractivity contribution in [2.24, 2.45) is 0 Å². The zero-order valence-electron chi connectivity index (χ0n) is 19.7. The van der Waals surface area contributed by atoms with Gasteiger partial charge < -0.3 is 9.84 Å². The zero-order chi connectivity index (χ0) is 25.6. The molecule has 3 aromatic rings. The summed E-state index contributed by atoms with van der Waals surface area (Å²) in [7, 11) is -2.63. The molecule has 0 bridgehead atoms. The smallest absolute Gasteiger partial charge is 0.332 e. The molecule has 1 aliphatic heterocycles. The van der Waals surface area contributed by atoms with Gasteiger partial charge in [0, 0.05) is 29.5 Å². The summed E-state index contributed by atoms with van der Waals surface area (Å²) in [6.07, 6.45) is 4.41. The summed E-state index contributed by atoms with van der Waals surface area (Å²) in [6, 6.07) is 6.42. The Labute approximate surface area is 207 Å². The van der Waals surface area contributed by atoms with Gasteiger partial charge in [0.15, 0.2) is 20.8 Å². The molecule has 186 valence electrons. The first-order valence-electron chi connectivity index (χ1n) is 10.7. The summed E-state index contributed by atoms with van der Waals surface area (Å²) in [5.41, 5.74) is -1.42. The first-order valence-corrected chi connectivity index (χ1v) is 13.3. The topological polar surface area (TPSA) is 132 Å². The van der Waals surface area contributed by atoms with E-state index in [0.717, 1.165) is 21.8 Å². The number of amides is 1. The highest BCUT2D eigenvalue weighted by Gasteiger charge is 2.63. The largest absolute Gasteiger partial charge is 0.496 e. The number of aromatic nitrogens is 3. The van der Waals surface area contributed by atoms with Crippen LogP contribution in [0.3, 0.4) is 0 Å². The molecular weight excluding hydrogens is 492 g/mol. The molecule has 1 fully saturated rings. The zero-order valence-corrected chi connectivity index (χ0v) is 21.3. The summed E-state index contributed by atoms with van der Waals surface area (Å²) in [6.45, 7) is 5.64. The van der Waals surface area contributed by atoms with Crippen LogP contribution in [0.4, 0.5) is 0 Å². The molecule has 1 amide bonds. The Morgan fingerprint density at radius 1 is 1.29 bits per heavy atom. The number of ether oxygens (including phenoxy) is 1. The lowest BCUT2D eigenvalue weighted by atomic mass is 9.85. The molecule has 2 atom stereocenters. The standard InChI is InChI=1S/C23H26N4O6S2/c1-22(2,3)16-7-6-15(12-17(16)33-4)19(28)27-20(18-24-9-11-34-18)35(31,32)14-23(27,21(29)30)13-26-10-5-8-25-26/h5-12,20H,13-14H2,1-4H3,(H,29,30). The molecule has 1 saturated heterocycles. The van der Waals surface area contributed by atoms with Gasteiger partial charge in [0.1, 0.15) is 10.8 Å². The predicted molar refractivity (Wildman–Crippen MR) is 129 cm³/mol. The Bertz CT molecular complexity index is 1350. The Morgan fingerprint density at radius 2 is 2.03 bits per heavy atom. The van der Waals surface area contributed by atoms with Gasteiger partial charge >= 0.3 is 5.97 Å². The van der Waals surface area contributed by atoms with E-state index >= 15 is 0 Å². The molecule has 0 aliphatic carbocycles. The van der Waals surface area contributed by atoms with E-state index in [1.54, 1.807) is 23.6 Å². The van der Waals surface area contributed by atoms with Gasteiger partial charge in [-0.25, -0.2) is 18.2 Å². The van der Waals surface area contributed by atoms with Gasteiger partial charge in [-0.1, -0.05) is 26.8 Å². The number of hydrogen-bond donors (Lipinski definition) is 1. The quantitative estimate of drug-likeness (QED) is 0.527. The normalized spacial score (nSPS) is 21.7. The van der Waals surface area contributed by atoms with Gasteiger partial charge in [0.25, 0.3) is 5.91 Å². The van der Waals surface area contributed by atoms with Crippen molar-refractivity contribution in [1.82, 2.24) is 19.7 Å². The molecule has 10 nitrogen and oxygen atoms in total. The summed E-state index contributed by atoms with van der Waals surface area (Å²) < 4.78 is 33.7.